The van der Waals surface area contributed by atoms with Crippen LogP contribution in [0.5, 0.6) is 0 Å². The number of nitrogens with one attached hydrogen (secondary N) is 1. The molecular weight excluding hydrogens is 342 g/mol. The number of carbonyl (C=O) groups is 1. The van der Waals surface area contributed by atoms with Gasteiger partial charge in [0.05, 0.1) is 12.6 Å². The molecule has 22 heavy (non-hydrogen) atoms. The average molecular weight is 360 g/mol. The smallest absolute Gasteiger partial charge is 0.273 e. The predicted molar refractivity (Wildman–Crippen MR) is 91.8 cm³/mol. The summed E-state index contributed by atoms with van der Waals surface area (Å²) < 4.78 is 1.02. The Morgan fingerprint density at radius 3 is 2.86 bits per heavy atom. The van der Waals surface area contributed by atoms with E-state index in [1.165, 1.54) is 0 Å². The molecule has 1 amide bonds. The molecule has 2 aliphatic rings. The molecule has 114 valence electrons. The molecule has 2 aliphatic heterocycles. The fraction of sp³-hybridized carbons (Fsp3) is 0.294. The van der Waals surface area contributed by atoms with E-state index in [0.29, 0.717) is 18.8 Å². The van der Waals surface area contributed by atoms with Crippen LogP contribution in [0, 0.1) is 0 Å². The molecule has 0 aromatic heterocycles. The number of hydrogen-bond donors (Lipinski definition) is 1. The Bertz CT molecular complexity index is 676. The Hall–Kier alpha value is -1.88. The quantitative estimate of drug-likeness (QED) is 0.843. The Kier molecular flexibility index (Phi) is 4.16. The zero-order chi connectivity index (χ0) is 15.7. The number of carbonyl (C=O) groups excluding carboxylic acids is 1. The molecule has 1 fully saturated rings. The molecule has 1 saturated heterocycles. The molecule has 3 rings (SSSR count). The molecule has 0 radical (unpaired) electrons. The number of nitrogens with zero attached hydrogens (tertiary/aromatic N) is 2. The van der Waals surface area contributed by atoms with Crippen LogP contribution in [0.15, 0.2) is 57.7 Å². The molecule has 4 nitrogen and oxygen atoms in total. The maximum Gasteiger partial charge on any atom is 0.273 e. The van der Waals surface area contributed by atoms with Crippen molar-refractivity contribution in [2.24, 2.45) is 4.99 Å². The minimum Gasteiger partial charge on any atom is -0.386 e. The van der Waals surface area contributed by atoms with Gasteiger partial charge < -0.3 is 10.2 Å². The first-order chi connectivity index (χ1) is 10.6. The highest BCUT2D eigenvalue weighted by Gasteiger charge is 2.42. The Morgan fingerprint density at radius 2 is 2.18 bits per heavy atom. The SMILES string of the molecule is C=CCN1C(=O)C2=NCCNC(C)=C2C1c1ccc(Br)cc1. The van der Waals surface area contributed by atoms with E-state index in [0.717, 1.165) is 27.9 Å². The lowest BCUT2D eigenvalue weighted by atomic mass is 9.97. The number of hydrogen-bond acceptors (Lipinski definition) is 3. The van der Waals surface area contributed by atoms with Crippen molar-refractivity contribution >= 4 is 27.5 Å². The van der Waals surface area contributed by atoms with E-state index in [1.54, 1.807) is 6.08 Å². The van der Waals surface area contributed by atoms with Crippen molar-refractivity contribution < 1.29 is 4.79 Å². The topological polar surface area (TPSA) is 44.7 Å². The number of allylic oxidation sites excluding steroid dienone is 1. The Labute approximate surface area is 138 Å². The highest BCUT2D eigenvalue weighted by molar-refractivity contribution is 9.10. The Morgan fingerprint density at radius 1 is 1.45 bits per heavy atom. The van der Waals surface area contributed by atoms with Crippen molar-refractivity contribution in [2.75, 3.05) is 19.6 Å². The monoisotopic (exact) mass is 359 g/mol. The van der Waals surface area contributed by atoms with Gasteiger partial charge in [-0.25, -0.2) is 0 Å². The number of likely N-dealkylation sites (tertiary alicyclic amines) is 1. The van der Waals surface area contributed by atoms with E-state index in [-0.39, 0.29) is 11.9 Å². The summed E-state index contributed by atoms with van der Waals surface area (Å²) in [5, 5.41) is 3.36. The lowest BCUT2D eigenvalue weighted by Crippen LogP contribution is -2.30. The maximum absolute atomic E-state index is 12.8. The largest absolute Gasteiger partial charge is 0.386 e. The summed E-state index contributed by atoms with van der Waals surface area (Å²) in [5.41, 5.74) is 3.70. The van der Waals surface area contributed by atoms with Crippen LogP contribution in [0.2, 0.25) is 0 Å². The third kappa shape index (κ3) is 2.50. The van der Waals surface area contributed by atoms with E-state index in [1.807, 2.05) is 36.1 Å². The highest BCUT2D eigenvalue weighted by atomic mass is 79.9. The highest BCUT2D eigenvalue weighted by Crippen LogP contribution is 2.38. The van der Waals surface area contributed by atoms with Gasteiger partial charge in [-0.3, -0.25) is 9.79 Å². The first-order valence-corrected chi connectivity index (χ1v) is 8.09. The molecule has 1 aromatic carbocycles. The van der Waals surface area contributed by atoms with Crippen molar-refractivity contribution in [1.82, 2.24) is 10.2 Å². The zero-order valence-electron chi connectivity index (χ0n) is 12.5. The van der Waals surface area contributed by atoms with Gasteiger partial charge in [0, 0.05) is 28.8 Å². The van der Waals surface area contributed by atoms with Gasteiger partial charge in [-0.15, -0.1) is 6.58 Å². The molecule has 0 spiro atoms. The van der Waals surface area contributed by atoms with Gasteiger partial charge in [-0.1, -0.05) is 34.1 Å². The van der Waals surface area contributed by atoms with Gasteiger partial charge in [0.15, 0.2) is 0 Å². The zero-order valence-corrected chi connectivity index (χ0v) is 14.1. The van der Waals surface area contributed by atoms with Crippen molar-refractivity contribution in [3.63, 3.8) is 0 Å². The van der Waals surface area contributed by atoms with Gasteiger partial charge in [-0.05, 0) is 24.6 Å². The summed E-state index contributed by atoms with van der Waals surface area (Å²) in [6, 6.07) is 7.99. The molecule has 5 heteroatoms. The van der Waals surface area contributed by atoms with E-state index in [2.05, 4.69) is 32.8 Å². The molecule has 1 aromatic rings. The van der Waals surface area contributed by atoms with Crippen molar-refractivity contribution in [2.45, 2.75) is 13.0 Å². The molecule has 2 heterocycles. The molecule has 1 unspecified atom stereocenters. The Balaban J connectivity index is 2.15. The molecule has 0 saturated carbocycles. The summed E-state index contributed by atoms with van der Waals surface area (Å²) >= 11 is 3.46. The molecule has 1 N–H and O–H groups in total. The third-order valence-electron chi connectivity index (χ3n) is 3.99. The van der Waals surface area contributed by atoms with Gasteiger partial charge >= 0.3 is 0 Å². The summed E-state index contributed by atoms with van der Waals surface area (Å²) in [7, 11) is 0. The van der Waals surface area contributed by atoms with E-state index >= 15 is 0 Å². The summed E-state index contributed by atoms with van der Waals surface area (Å²) in [4.78, 5) is 19.1. The molecule has 0 aliphatic carbocycles. The lowest BCUT2D eigenvalue weighted by molar-refractivity contribution is -0.123. The number of halogens is 1. The normalized spacial score (nSPS) is 21.2. The first-order valence-electron chi connectivity index (χ1n) is 7.30. The lowest BCUT2D eigenvalue weighted by Gasteiger charge is -2.25. The van der Waals surface area contributed by atoms with Crippen molar-refractivity contribution in [3.05, 3.63) is 58.2 Å². The van der Waals surface area contributed by atoms with Crippen LogP contribution in [0.1, 0.15) is 18.5 Å². The van der Waals surface area contributed by atoms with Crippen LogP contribution in [0.25, 0.3) is 0 Å². The number of benzene rings is 1. The van der Waals surface area contributed by atoms with E-state index in [4.69, 9.17) is 0 Å². The van der Waals surface area contributed by atoms with E-state index < -0.39 is 0 Å². The van der Waals surface area contributed by atoms with Gasteiger partial charge in [-0.2, -0.15) is 0 Å². The second kappa shape index (κ2) is 6.08. The molecule has 1 atom stereocenters. The van der Waals surface area contributed by atoms with Crippen molar-refractivity contribution in [1.29, 1.82) is 0 Å². The molecular formula is C17H18BrN3O. The van der Waals surface area contributed by atoms with Crippen LogP contribution in [-0.2, 0) is 4.79 Å². The maximum atomic E-state index is 12.8. The minimum atomic E-state index is -0.108. The van der Waals surface area contributed by atoms with Gasteiger partial charge in [0.25, 0.3) is 5.91 Å². The van der Waals surface area contributed by atoms with Gasteiger partial charge in [0.1, 0.15) is 5.71 Å². The second-order valence-electron chi connectivity index (χ2n) is 5.40. The summed E-state index contributed by atoms with van der Waals surface area (Å²) in [5.74, 6) is -0.00845. The number of amides is 1. The van der Waals surface area contributed by atoms with Crippen LogP contribution in [-0.4, -0.2) is 36.2 Å². The average Bonchev–Trinajstić information content (AvgIpc) is 2.66. The predicted octanol–water partition coefficient (Wildman–Crippen LogP) is 2.84. The van der Waals surface area contributed by atoms with Crippen LogP contribution in [0.3, 0.4) is 0 Å². The first kappa shape index (κ1) is 15.0. The number of aliphatic imine (C=N–C) groups is 1. The summed E-state index contributed by atoms with van der Waals surface area (Å²) in [6.45, 7) is 7.70. The van der Waals surface area contributed by atoms with Crippen LogP contribution >= 0.6 is 15.9 Å². The third-order valence-corrected chi connectivity index (χ3v) is 4.52. The standard InChI is InChI=1S/C17H18BrN3O/c1-3-10-21-16(12-4-6-13(18)7-5-12)14-11(2)19-8-9-20-15(14)17(21)22/h3-7,16,19H,1,8-10H2,2H3. The second-order valence-corrected chi connectivity index (χ2v) is 6.31. The fourth-order valence-electron chi connectivity index (χ4n) is 3.01. The molecule has 0 bridgehead atoms. The number of fused-ring (bicyclic) bond motifs is 1. The van der Waals surface area contributed by atoms with Gasteiger partial charge in [0.2, 0.25) is 0 Å². The van der Waals surface area contributed by atoms with E-state index in [9.17, 15) is 4.79 Å². The summed E-state index contributed by atoms with van der Waals surface area (Å²) in [6.07, 6.45) is 1.76. The fourth-order valence-corrected chi connectivity index (χ4v) is 3.28. The van der Waals surface area contributed by atoms with Crippen LogP contribution < -0.4 is 5.32 Å². The van der Waals surface area contributed by atoms with Crippen LogP contribution in [0.4, 0.5) is 0 Å². The minimum absolute atomic E-state index is 0.00845. The van der Waals surface area contributed by atoms with Crippen molar-refractivity contribution in [3.8, 4) is 0 Å². The number of rotatable bonds is 3.